The fourth-order valence-electron chi connectivity index (χ4n) is 3.90. The number of amides is 2. The van der Waals surface area contributed by atoms with Crippen molar-refractivity contribution in [1.82, 2.24) is 10.6 Å². The van der Waals surface area contributed by atoms with Crippen LogP contribution in [0.25, 0.3) is 0 Å². The van der Waals surface area contributed by atoms with Crippen LogP contribution in [0.4, 0.5) is 31.1 Å². The number of ether oxygens (including phenoxy) is 2. The summed E-state index contributed by atoms with van der Waals surface area (Å²) in [6, 6.07) is 16.7. The van der Waals surface area contributed by atoms with Crippen LogP contribution in [0, 0.1) is 0 Å². The van der Waals surface area contributed by atoms with Crippen LogP contribution in [0.2, 0.25) is 0 Å². The summed E-state index contributed by atoms with van der Waals surface area (Å²) in [5.74, 6) is -2.46. The van der Waals surface area contributed by atoms with Gasteiger partial charge in [0.1, 0.15) is 11.5 Å². The van der Waals surface area contributed by atoms with E-state index in [0.29, 0.717) is 5.56 Å². The molecule has 0 saturated heterocycles. The Morgan fingerprint density at radius 2 is 1.26 bits per heavy atom. The number of hydrogen-bond donors (Lipinski definition) is 3. The number of benzene rings is 3. The lowest BCUT2D eigenvalue weighted by atomic mass is 9.77. The summed E-state index contributed by atoms with van der Waals surface area (Å²) < 4.78 is 86.0. The predicted molar refractivity (Wildman–Crippen MR) is 126 cm³/mol. The van der Waals surface area contributed by atoms with Gasteiger partial charge in [0, 0.05) is 13.0 Å². The van der Waals surface area contributed by atoms with Gasteiger partial charge in [0.15, 0.2) is 0 Å². The Hall–Kier alpha value is -4.42. The summed E-state index contributed by atoms with van der Waals surface area (Å²) in [7, 11) is 0. The standard InChI is InChI=1S/C26H22F6N2O5/c27-25(28,29)38-20-10-4-8-18(14-20)24(16-17-6-2-1-3-7-17,34-23(37)33-13-12-22(35)36)19-9-5-11-21(15-19)39-26(30,31)32/h1-11,14-15H,12-13,16H2,(H,35,36)(H2,33,34,37). The number of carboxylic acid groups (broad SMARTS) is 1. The third-order valence-corrected chi connectivity index (χ3v) is 5.38. The van der Waals surface area contributed by atoms with Gasteiger partial charge in [-0.2, -0.15) is 0 Å². The van der Waals surface area contributed by atoms with Crippen LogP contribution in [0.3, 0.4) is 0 Å². The summed E-state index contributed by atoms with van der Waals surface area (Å²) in [5, 5.41) is 13.9. The van der Waals surface area contributed by atoms with Crippen LogP contribution < -0.4 is 20.1 Å². The highest BCUT2D eigenvalue weighted by Crippen LogP contribution is 2.38. The van der Waals surface area contributed by atoms with Gasteiger partial charge < -0.3 is 25.2 Å². The van der Waals surface area contributed by atoms with Crippen molar-refractivity contribution in [3.05, 3.63) is 95.6 Å². The van der Waals surface area contributed by atoms with Crippen molar-refractivity contribution in [1.29, 1.82) is 0 Å². The van der Waals surface area contributed by atoms with E-state index in [1.807, 2.05) is 0 Å². The minimum absolute atomic E-state index is 0.0330. The van der Waals surface area contributed by atoms with Crippen molar-refractivity contribution < 1.29 is 50.5 Å². The van der Waals surface area contributed by atoms with E-state index in [-0.39, 0.29) is 24.1 Å². The number of aliphatic carboxylic acids is 1. The van der Waals surface area contributed by atoms with Crippen molar-refractivity contribution in [2.75, 3.05) is 6.54 Å². The van der Waals surface area contributed by atoms with Crippen LogP contribution in [-0.4, -0.2) is 36.4 Å². The van der Waals surface area contributed by atoms with Crippen LogP contribution >= 0.6 is 0 Å². The molecule has 0 radical (unpaired) electrons. The first-order valence-electron chi connectivity index (χ1n) is 11.3. The average Bonchev–Trinajstić information content (AvgIpc) is 2.82. The number of halogens is 6. The fourth-order valence-corrected chi connectivity index (χ4v) is 3.90. The zero-order valence-electron chi connectivity index (χ0n) is 20.0. The Bertz CT molecular complexity index is 1220. The number of hydrogen-bond acceptors (Lipinski definition) is 4. The minimum atomic E-state index is -5.04. The zero-order valence-corrected chi connectivity index (χ0v) is 20.0. The monoisotopic (exact) mass is 556 g/mol. The first-order chi connectivity index (χ1) is 18.3. The second-order valence-electron chi connectivity index (χ2n) is 8.24. The molecule has 7 nitrogen and oxygen atoms in total. The van der Waals surface area contributed by atoms with Gasteiger partial charge in [-0.15, -0.1) is 26.3 Å². The smallest absolute Gasteiger partial charge is 0.481 e. The number of rotatable bonds is 10. The van der Waals surface area contributed by atoms with Gasteiger partial charge >= 0.3 is 24.7 Å². The predicted octanol–water partition coefficient (Wildman–Crippen LogP) is 5.74. The van der Waals surface area contributed by atoms with Crippen molar-refractivity contribution in [2.45, 2.75) is 31.1 Å². The largest absolute Gasteiger partial charge is 0.573 e. The zero-order chi connectivity index (χ0) is 28.7. The maximum absolute atomic E-state index is 13.0. The molecule has 0 aliphatic heterocycles. The van der Waals surface area contributed by atoms with Gasteiger partial charge in [0.25, 0.3) is 0 Å². The highest BCUT2D eigenvalue weighted by molar-refractivity contribution is 5.77. The molecule has 13 heteroatoms. The molecule has 0 atom stereocenters. The molecule has 3 aromatic carbocycles. The topological polar surface area (TPSA) is 96.9 Å². The lowest BCUT2D eigenvalue weighted by Gasteiger charge is -2.37. The van der Waals surface area contributed by atoms with Crippen LogP contribution in [0.5, 0.6) is 11.5 Å². The Morgan fingerprint density at radius 1 is 0.744 bits per heavy atom. The van der Waals surface area contributed by atoms with Crippen molar-refractivity contribution in [2.24, 2.45) is 0 Å². The van der Waals surface area contributed by atoms with Gasteiger partial charge in [0.2, 0.25) is 0 Å². The van der Waals surface area contributed by atoms with E-state index in [0.717, 1.165) is 24.3 Å². The molecule has 0 fully saturated rings. The molecule has 0 aromatic heterocycles. The normalized spacial score (nSPS) is 11.9. The van der Waals surface area contributed by atoms with Crippen LogP contribution in [-0.2, 0) is 16.8 Å². The molecular weight excluding hydrogens is 534 g/mol. The molecule has 0 heterocycles. The minimum Gasteiger partial charge on any atom is -0.481 e. The Labute approximate surface area is 218 Å². The lowest BCUT2D eigenvalue weighted by molar-refractivity contribution is -0.275. The molecule has 0 aliphatic rings. The van der Waals surface area contributed by atoms with E-state index < -0.39 is 48.2 Å². The Morgan fingerprint density at radius 3 is 1.72 bits per heavy atom. The Kier molecular flexibility index (Phi) is 8.94. The number of carboxylic acids is 1. The summed E-state index contributed by atoms with van der Waals surface area (Å²) in [4.78, 5) is 23.8. The third-order valence-electron chi connectivity index (χ3n) is 5.38. The molecule has 3 rings (SSSR count). The van der Waals surface area contributed by atoms with Gasteiger partial charge in [-0.25, -0.2) is 4.79 Å². The molecule has 0 unspecified atom stereocenters. The Balaban J connectivity index is 2.20. The molecule has 0 aliphatic carbocycles. The highest BCUT2D eigenvalue weighted by Gasteiger charge is 2.39. The number of urea groups is 1. The van der Waals surface area contributed by atoms with Crippen molar-refractivity contribution >= 4 is 12.0 Å². The van der Waals surface area contributed by atoms with E-state index in [1.165, 1.54) is 24.3 Å². The van der Waals surface area contributed by atoms with Crippen molar-refractivity contribution in [3.63, 3.8) is 0 Å². The fraction of sp³-hybridized carbons (Fsp3) is 0.231. The van der Waals surface area contributed by atoms with E-state index in [9.17, 15) is 35.9 Å². The summed E-state index contributed by atoms with van der Waals surface area (Å²) in [6.07, 6.45) is -10.6. The molecule has 3 aromatic rings. The summed E-state index contributed by atoms with van der Waals surface area (Å²) >= 11 is 0. The number of carbonyl (C=O) groups excluding carboxylic acids is 1. The quantitative estimate of drug-likeness (QED) is 0.277. The number of alkyl halides is 6. The van der Waals surface area contributed by atoms with E-state index in [1.54, 1.807) is 30.3 Å². The van der Waals surface area contributed by atoms with E-state index >= 15 is 0 Å². The van der Waals surface area contributed by atoms with E-state index in [4.69, 9.17) is 5.11 Å². The second-order valence-corrected chi connectivity index (χ2v) is 8.24. The average molecular weight is 556 g/mol. The maximum atomic E-state index is 13.0. The molecule has 0 spiro atoms. The van der Waals surface area contributed by atoms with Crippen LogP contribution in [0.1, 0.15) is 23.1 Å². The van der Waals surface area contributed by atoms with E-state index in [2.05, 4.69) is 20.1 Å². The first-order valence-corrected chi connectivity index (χ1v) is 11.3. The van der Waals surface area contributed by atoms with Gasteiger partial charge in [-0.05, 0) is 41.0 Å². The molecule has 0 bridgehead atoms. The number of carbonyl (C=O) groups is 2. The second kappa shape index (κ2) is 12.0. The molecular formula is C26H22F6N2O5. The molecule has 208 valence electrons. The first kappa shape index (κ1) is 29.1. The maximum Gasteiger partial charge on any atom is 0.573 e. The summed E-state index contributed by atoms with van der Waals surface area (Å²) in [5.41, 5.74) is -1.14. The molecule has 2 amide bonds. The lowest BCUT2D eigenvalue weighted by Crippen LogP contribution is -2.52. The highest BCUT2D eigenvalue weighted by atomic mass is 19.4. The number of nitrogens with one attached hydrogen (secondary N) is 2. The summed E-state index contributed by atoms with van der Waals surface area (Å²) in [6.45, 7) is -0.295. The third kappa shape index (κ3) is 8.83. The van der Waals surface area contributed by atoms with Gasteiger partial charge in [0.05, 0.1) is 12.0 Å². The van der Waals surface area contributed by atoms with Crippen molar-refractivity contribution in [3.8, 4) is 11.5 Å². The van der Waals surface area contributed by atoms with Gasteiger partial charge in [-0.3, -0.25) is 4.79 Å². The molecule has 39 heavy (non-hydrogen) atoms. The van der Waals surface area contributed by atoms with Gasteiger partial charge in [-0.1, -0.05) is 54.6 Å². The molecule has 0 saturated carbocycles. The SMILES string of the molecule is O=C(O)CCNC(=O)NC(Cc1ccccc1)(c1cccc(OC(F)(F)F)c1)c1cccc(OC(F)(F)F)c1. The molecule has 3 N–H and O–H groups in total. The van der Waals surface area contributed by atoms with Crippen LogP contribution in [0.15, 0.2) is 78.9 Å².